The summed E-state index contributed by atoms with van der Waals surface area (Å²) in [6.07, 6.45) is -18.5. The van der Waals surface area contributed by atoms with E-state index in [1.54, 1.807) is 0 Å². The van der Waals surface area contributed by atoms with E-state index in [0.717, 1.165) is 0 Å². The van der Waals surface area contributed by atoms with E-state index >= 15 is 0 Å². The minimum Gasteiger partial charge on any atom is -0.219 e. The van der Waals surface area contributed by atoms with E-state index in [1.807, 2.05) is 0 Å². The van der Waals surface area contributed by atoms with Crippen molar-refractivity contribution in [3.05, 3.63) is 0 Å². The molecule has 0 aromatic rings. The van der Waals surface area contributed by atoms with Gasteiger partial charge in [0.15, 0.2) is 0 Å². The van der Waals surface area contributed by atoms with Gasteiger partial charge in [-0.25, -0.2) is 4.39 Å². The first-order valence-electron chi connectivity index (χ1n) is 5.84. The van der Waals surface area contributed by atoms with Crippen LogP contribution in [0.5, 0.6) is 0 Å². The van der Waals surface area contributed by atoms with Crippen molar-refractivity contribution in [1.29, 1.82) is 0 Å². The zero-order valence-corrected chi connectivity index (χ0v) is 11.6. The van der Waals surface area contributed by atoms with Gasteiger partial charge in [-0.1, -0.05) is 0 Å². The van der Waals surface area contributed by atoms with Crippen LogP contribution in [0, 0.1) is 0 Å². The Labute approximate surface area is 135 Å². The standard InChI is InChI=1S/C9H2F17N/c10-2(11,12)1-3(13,14)27-8(23,24)5(16,17)4(15,7(20,21)22)6(18,19)9(27,25)26/h1H2. The zero-order valence-electron chi connectivity index (χ0n) is 11.6. The van der Waals surface area contributed by atoms with Gasteiger partial charge in [-0.3, -0.25) is 0 Å². The van der Waals surface area contributed by atoms with Crippen molar-refractivity contribution < 1.29 is 74.6 Å². The first kappa shape index (κ1) is 23.8. The Balaban J connectivity index is 3.90. The molecule has 0 aromatic heterocycles. The van der Waals surface area contributed by atoms with Crippen LogP contribution in [0.1, 0.15) is 6.42 Å². The van der Waals surface area contributed by atoms with Crippen molar-refractivity contribution in [2.75, 3.05) is 0 Å². The van der Waals surface area contributed by atoms with Gasteiger partial charge >= 0.3 is 48.0 Å². The van der Waals surface area contributed by atoms with Crippen LogP contribution in [-0.4, -0.2) is 52.9 Å². The van der Waals surface area contributed by atoms with Crippen LogP contribution in [0.4, 0.5) is 74.6 Å². The molecular formula is C9H2F17N. The summed E-state index contributed by atoms with van der Waals surface area (Å²) < 4.78 is 219. The van der Waals surface area contributed by atoms with E-state index < -0.39 is 59.3 Å². The first-order chi connectivity index (χ1) is 11.3. The van der Waals surface area contributed by atoms with Gasteiger partial charge in [0.05, 0.1) is 0 Å². The second-order valence-electron chi connectivity index (χ2n) is 5.18. The van der Waals surface area contributed by atoms with E-state index in [1.165, 1.54) is 0 Å². The third kappa shape index (κ3) is 2.80. The molecule has 1 rings (SSSR count). The predicted octanol–water partition coefficient (Wildman–Crippen LogP) is 5.57. The molecule has 0 bridgehead atoms. The van der Waals surface area contributed by atoms with E-state index in [4.69, 9.17) is 0 Å². The molecule has 162 valence electrons. The highest BCUT2D eigenvalue weighted by Gasteiger charge is 3.01. The van der Waals surface area contributed by atoms with E-state index in [2.05, 4.69) is 0 Å². The molecule has 18 heteroatoms. The normalized spacial score (nSPS) is 27.4. The molecule has 1 saturated heterocycles. The van der Waals surface area contributed by atoms with E-state index in [9.17, 15) is 74.6 Å². The highest BCUT2D eigenvalue weighted by Crippen LogP contribution is 2.69. The third-order valence-corrected chi connectivity index (χ3v) is 3.31. The molecule has 0 amide bonds. The van der Waals surface area contributed by atoms with Crippen molar-refractivity contribution in [3.63, 3.8) is 0 Å². The van der Waals surface area contributed by atoms with Crippen LogP contribution in [0.2, 0.25) is 0 Å². The SMILES string of the molecule is FC(F)(F)CC(F)(F)N1C(F)(F)C(F)(F)C(F)(C(F)(F)F)C(F)(F)C1(F)F. The number of alkyl halides is 17. The Hall–Kier alpha value is -1.23. The van der Waals surface area contributed by atoms with Crippen molar-refractivity contribution in [3.8, 4) is 0 Å². The summed E-state index contributed by atoms with van der Waals surface area (Å²) >= 11 is 0. The summed E-state index contributed by atoms with van der Waals surface area (Å²) in [5.41, 5.74) is -8.12. The lowest BCUT2D eigenvalue weighted by Crippen LogP contribution is -2.88. The Morgan fingerprint density at radius 3 is 1.07 bits per heavy atom. The molecule has 1 heterocycles. The lowest BCUT2D eigenvalue weighted by atomic mass is 9.81. The summed E-state index contributed by atoms with van der Waals surface area (Å²) in [5.74, 6) is -16.1. The molecule has 1 nitrogen and oxygen atoms in total. The number of rotatable bonds is 2. The molecule has 1 aliphatic heterocycles. The van der Waals surface area contributed by atoms with Gasteiger partial charge in [0.25, 0.3) is 0 Å². The Kier molecular flexibility index (Phi) is 4.79. The number of likely N-dealkylation sites (tertiary alicyclic amines) is 1. The van der Waals surface area contributed by atoms with Gasteiger partial charge < -0.3 is 0 Å². The molecule has 0 spiro atoms. The second-order valence-corrected chi connectivity index (χ2v) is 5.18. The average molecular weight is 447 g/mol. The van der Waals surface area contributed by atoms with Gasteiger partial charge in [0, 0.05) is 0 Å². The molecule has 0 aliphatic carbocycles. The fraction of sp³-hybridized carbons (Fsp3) is 1.00. The molecule has 1 fully saturated rings. The van der Waals surface area contributed by atoms with Gasteiger partial charge in [0.2, 0.25) is 0 Å². The molecular weight excluding hydrogens is 445 g/mol. The van der Waals surface area contributed by atoms with Crippen LogP contribution < -0.4 is 0 Å². The summed E-state index contributed by atoms with van der Waals surface area (Å²) in [6, 6.07) is -22.7. The minimum atomic E-state index is -8.12. The lowest BCUT2D eigenvalue weighted by molar-refractivity contribution is -0.544. The van der Waals surface area contributed by atoms with Crippen molar-refractivity contribution in [2.24, 2.45) is 0 Å². The van der Waals surface area contributed by atoms with Gasteiger partial charge in [-0.15, -0.1) is 4.90 Å². The average Bonchev–Trinajstić information content (AvgIpc) is 2.29. The summed E-state index contributed by atoms with van der Waals surface area (Å²) in [6.45, 7) is 0. The highest BCUT2D eigenvalue weighted by atomic mass is 19.4. The van der Waals surface area contributed by atoms with Crippen LogP contribution in [0.3, 0.4) is 0 Å². The molecule has 0 N–H and O–H groups in total. The quantitative estimate of drug-likeness (QED) is 0.395. The smallest absolute Gasteiger partial charge is 0.219 e. The minimum absolute atomic E-state index is 4.05. The molecule has 0 saturated carbocycles. The second kappa shape index (κ2) is 5.43. The molecule has 0 unspecified atom stereocenters. The zero-order chi connectivity index (χ0) is 22.3. The number of hydrogen-bond donors (Lipinski definition) is 0. The summed E-state index contributed by atoms with van der Waals surface area (Å²) in [4.78, 5) is -4.05. The lowest BCUT2D eigenvalue weighted by Gasteiger charge is -2.55. The Morgan fingerprint density at radius 1 is 0.556 bits per heavy atom. The maximum Gasteiger partial charge on any atom is 0.435 e. The molecule has 27 heavy (non-hydrogen) atoms. The monoisotopic (exact) mass is 447 g/mol. The van der Waals surface area contributed by atoms with E-state index in [0.29, 0.717) is 0 Å². The van der Waals surface area contributed by atoms with Crippen LogP contribution in [-0.2, 0) is 0 Å². The topological polar surface area (TPSA) is 3.24 Å². The van der Waals surface area contributed by atoms with Crippen molar-refractivity contribution in [1.82, 2.24) is 4.90 Å². The fourth-order valence-electron chi connectivity index (χ4n) is 2.16. The molecule has 0 atom stereocenters. The summed E-state index contributed by atoms with van der Waals surface area (Å²) in [7, 11) is 0. The van der Waals surface area contributed by atoms with Crippen LogP contribution in [0.25, 0.3) is 0 Å². The number of hydrogen-bond acceptors (Lipinski definition) is 1. The van der Waals surface area contributed by atoms with E-state index in [-0.39, 0.29) is 0 Å². The fourth-order valence-corrected chi connectivity index (χ4v) is 2.16. The number of halogens is 17. The number of nitrogens with zero attached hydrogens (tertiary/aromatic N) is 1. The largest absolute Gasteiger partial charge is 0.435 e. The maximum absolute atomic E-state index is 13.4. The Bertz CT molecular complexity index is 554. The third-order valence-electron chi connectivity index (χ3n) is 3.31. The molecule has 0 aromatic carbocycles. The van der Waals surface area contributed by atoms with Gasteiger partial charge in [-0.2, -0.15) is 70.2 Å². The maximum atomic E-state index is 13.4. The van der Waals surface area contributed by atoms with Crippen LogP contribution >= 0.6 is 0 Å². The molecule has 0 radical (unpaired) electrons. The van der Waals surface area contributed by atoms with Crippen molar-refractivity contribution >= 4 is 0 Å². The Morgan fingerprint density at radius 2 is 0.852 bits per heavy atom. The first-order valence-corrected chi connectivity index (χ1v) is 5.84. The predicted molar refractivity (Wildman–Crippen MR) is 47.1 cm³/mol. The van der Waals surface area contributed by atoms with Crippen LogP contribution in [0.15, 0.2) is 0 Å². The highest BCUT2D eigenvalue weighted by molar-refractivity contribution is 5.22. The van der Waals surface area contributed by atoms with Gasteiger partial charge in [-0.05, 0) is 0 Å². The summed E-state index contributed by atoms with van der Waals surface area (Å²) in [5, 5.41) is 0. The van der Waals surface area contributed by atoms with Gasteiger partial charge in [0.1, 0.15) is 6.42 Å². The molecule has 1 aliphatic rings. The number of piperidine rings is 1. The van der Waals surface area contributed by atoms with Crippen molar-refractivity contribution in [2.45, 2.75) is 54.4 Å².